The van der Waals surface area contributed by atoms with Gasteiger partial charge in [-0.3, -0.25) is 4.90 Å². The third kappa shape index (κ3) is 3.36. The van der Waals surface area contributed by atoms with E-state index in [1.54, 1.807) is 13.4 Å². The number of piperidine rings is 1. The van der Waals surface area contributed by atoms with Crippen LogP contribution >= 0.6 is 0 Å². The summed E-state index contributed by atoms with van der Waals surface area (Å²) >= 11 is 0. The largest absolute Gasteiger partial charge is 0.383 e. The van der Waals surface area contributed by atoms with E-state index in [1.165, 1.54) is 5.69 Å². The molecule has 7 heteroatoms. The molecular weight excluding hydrogens is 280 g/mol. The van der Waals surface area contributed by atoms with E-state index in [-0.39, 0.29) is 0 Å². The molecule has 0 N–H and O–H groups in total. The summed E-state index contributed by atoms with van der Waals surface area (Å²) in [6.45, 7) is 4.72. The minimum atomic E-state index is 0.530. The molecule has 0 spiro atoms. The van der Waals surface area contributed by atoms with Gasteiger partial charge >= 0.3 is 0 Å². The topological polar surface area (TPSA) is 61.0 Å². The highest BCUT2D eigenvalue weighted by molar-refractivity contribution is 5.01. The summed E-state index contributed by atoms with van der Waals surface area (Å²) in [6, 6.07) is 0. The number of aromatic nitrogens is 5. The predicted molar refractivity (Wildman–Crippen MR) is 82.4 cm³/mol. The van der Waals surface area contributed by atoms with Gasteiger partial charge in [-0.1, -0.05) is 0 Å². The molecule has 1 fully saturated rings. The van der Waals surface area contributed by atoms with E-state index in [0.29, 0.717) is 5.92 Å². The second-order valence-corrected chi connectivity index (χ2v) is 5.92. The first-order valence-electron chi connectivity index (χ1n) is 7.82. The van der Waals surface area contributed by atoms with Crippen molar-refractivity contribution in [3.8, 4) is 0 Å². The molecule has 0 radical (unpaired) electrons. The first-order valence-corrected chi connectivity index (χ1v) is 7.82. The zero-order valence-electron chi connectivity index (χ0n) is 13.4. The van der Waals surface area contributed by atoms with E-state index >= 15 is 0 Å². The van der Waals surface area contributed by atoms with Crippen LogP contribution < -0.4 is 0 Å². The molecule has 0 amide bonds. The van der Waals surface area contributed by atoms with Gasteiger partial charge in [-0.05, 0) is 25.9 Å². The van der Waals surface area contributed by atoms with E-state index in [2.05, 4.69) is 24.6 Å². The zero-order valence-corrected chi connectivity index (χ0v) is 13.4. The number of likely N-dealkylation sites (tertiary alicyclic amines) is 1. The van der Waals surface area contributed by atoms with Gasteiger partial charge in [0.05, 0.1) is 18.6 Å². The van der Waals surface area contributed by atoms with Crippen molar-refractivity contribution in [3.05, 3.63) is 30.4 Å². The van der Waals surface area contributed by atoms with Gasteiger partial charge in [0.1, 0.15) is 12.2 Å². The summed E-state index contributed by atoms with van der Waals surface area (Å²) in [5, 5.41) is 8.25. The Hall–Kier alpha value is -1.73. The van der Waals surface area contributed by atoms with Gasteiger partial charge in [-0.2, -0.15) is 0 Å². The summed E-state index contributed by atoms with van der Waals surface area (Å²) in [5.74, 6) is 1.65. The number of methoxy groups -OCH3 is 1. The van der Waals surface area contributed by atoms with Crippen LogP contribution in [-0.2, 0) is 24.9 Å². The van der Waals surface area contributed by atoms with E-state index in [0.717, 1.165) is 51.5 Å². The predicted octanol–water partition coefficient (Wildman–Crippen LogP) is 1.04. The monoisotopic (exact) mass is 304 g/mol. The van der Waals surface area contributed by atoms with Gasteiger partial charge in [0.25, 0.3) is 0 Å². The Bertz CT molecular complexity index is 584. The van der Waals surface area contributed by atoms with Crippen molar-refractivity contribution in [1.82, 2.24) is 29.2 Å². The Labute approximate surface area is 130 Å². The Kier molecular flexibility index (Phi) is 4.84. The first-order chi connectivity index (χ1) is 10.8. The smallest absolute Gasteiger partial charge is 0.135 e. The summed E-state index contributed by atoms with van der Waals surface area (Å²) < 4.78 is 9.37. The lowest BCUT2D eigenvalue weighted by molar-refractivity contribution is 0.178. The fourth-order valence-electron chi connectivity index (χ4n) is 3.11. The van der Waals surface area contributed by atoms with E-state index < -0.39 is 0 Å². The van der Waals surface area contributed by atoms with Gasteiger partial charge in [0.15, 0.2) is 0 Å². The summed E-state index contributed by atoms with van der Waals surface area (Å²) in [6.07, 6.45) is 7.92. The lowest BCUT2D eigenvalue weighted by atomic mass is 9.96. The van der Waals surface area contributed by atoms with E-state index in [4.69, 9.17) is 4.74 Å². The maximum absolute atomic E-state index is 5.15. The quantitative estimate of drug-likeness (QED) is 0.798. The number of rotatable bonds is 6. The third-order valence-corrected chi connectivity index (χ3v) is 4.42. The molecule has 0 bridgehead atoms. The molecule has 0 aliphatic carbocycles. The fourth-order valence-corrected chi connectivity index (χ4v) is 3.11. The van der Waals surface area contributed by atoms with E-state index in [1.807, 2.05) is 24.1 Å². The SMILES string of the molecule is COCCn1cncc1CN1CCC(c2nncn2C)CC1. The Morgan fingerprint density at radius 2 is 2.09 bits per heavy atom. The van der Waals surface area contributed by atoms with Crippen LogP contribution in [0.4, 0.5) is 0 Å². The number of hydrogen-bond donors (Lipinski definition) is 0. The van der Waals surface area contributed by atoms with Crippen LogP contribution in [0, 0.1) is 0 Å². The van der Waals surface area contributed by atoms with Crippen LogP contribution in [0.5, 0.6) is 0 Å². The van der Waals surface area contributed by atoms with Crippen LogP contribution in [-0.4, -0.2) is 56.0 Å². The number of hydrogen-bond acceptors (Lipinski definition) is 5. The van der Waals surface area contributed by atoms with Crippen molar-refractivity contribution < 1.29 is 4.74 Å². The minimum absolute atomic E-state index is 0.530. The van der Waals surface area contributed by atoms with Crippen molar-refractivity contribution in [1.29, 1.82) is 0 Å². The van der Waals surface area contributed by atoms with Gasteiger partial charge in [-0.25, -0.2) is 4.98 Å². The summed E-state index contributed by atoms with van der Waals surface area (Å²) in [7, 11) is 3.75. The molecule has 1 saturated heterocycles. The normalized spacial score (nSPS) is 17.2. The minimum Gasteiger partial charge on any atom is -0.383 e. The molecule has 22 heavy (non-hydrogen) atoms. The van der Waals surface area contributed by atoms with Crippen LogP contribution in [0.25, 0.3) is 0 Å². The lowest BCUT2D eigenvalue weighted by Gasteiger charge is -2.31. The second-order valence-electron chi connectivity index (χ2n) is 5.92. The van der Waals surface area contributed by atoms with Crippen LogP contribution in [0.3, 0.4) is 0 Å². The molecule has 1 aliphatic heterocycles. The highest BCUT2D eigenvalue weighted by Crippen LogP contribution is 2.26. The molecule has 120 valence electrons. The lowest BCUT2D eigenvalue weighted by Crippen LogP contribution is -2.33. The fraction of sp³-hybridized carbons (Fsp3) is 0.667. The second kappa shape index (κ2) is 7.02. The Balaban J connectivity index is 1.54. The molecule has 3 rings (SSSR count). The van der Waals surface area contributed by atoms with Crippen LogP contribution in [0.15, 0.2) is 18.9 Å². The zero-order chi connectivity index (χ0) is 15.4. The first kappa shape index (κ1) is 15.2. The Morgan fingerprint density at radius 3 is 2.77 bits per heavy atom. The Morgan fingerprint density at radius 1 is 1.27 bits per heavy atom. The number of nitrogens with zero attached hydrogens (tertiary/aromatic N) is 6. The van der Waals surface area contributed by atoms with Gasteiger partial charge < -0.3 is 13.9 Å². The maximum atomic E-state index is 5.15. The molecule has 0 atom stereocenters. The number of aryl methyl sites for hydroxylation is 1. The molecular formula is C15H24N6O. The molecule has 1 aliphatic rings. The molecule has 0 unspecified atom stereocenters. The summed E-state index contributed by atoms with van der Waals surface area (Å²) in [5.41, 5.74) is 1.26. The van der Waals surface area contributed by atoms with Crippen molar-refractivity contribution in [2.24, 2.45) is 7.05 Å². The van der Waals surface area contributed by atoms with Crippen LogP contribution in [0.2, 0.25) is 0 Å². The van der Waals surface area contributed by atoms with Crippen molar-refractivity contribution in [2.45, 2.75) is 31.8 Å². The molecule has 2 aromatic heterocycles. The van der Waals surface area contributed by atoms with Crippen LogP contribution in [0.1, 0.15) is 30.3 Å². The average Bonchev–Trinajstić information content (AvgIpc) is 3.15. The molecule has 3 heterocycles. The maximum Gasteiger partial charge on any atom is 0.135 e. The van der Waals surface area contributed by atoms with Crippen molar-refractivity contribution >= 4 is 0 Å². The number of ether oxygens (including phenoxy) is 1. The molecule has 0 aromatic carbocycles. The van der Waals surface area contributed by atoms with Gasteiger partial charge in [0.2, 0.25) is 0 Å². The highest BCUT2D eigenvalue weighted by atomic mass is 16.5. The van der Waals surface area contributed by atoms with Gasteiger partial charge in [-0.15, -0.1) is 10.2 Å². The van der Waals surface area contributed by atoms with Crippen molar-refractivity contribution in [3.63, 3.8) is 0 Å². The third-order valence-electron chi connectivity index (χ3n) is 4.42. The molecule has 2 aromatic rings. The standard InChI is InChI=1S/C15H24N6O/c1-19-12-17-18-15(19)13-3-5-20(6-4-13)10-14-9-16-11-21(14)7-8-22-2/h9,11-13H,3-8,10H2,1-2H3. The molecule has 7 nitrogen and oxygen atoms in total. The average molecular weight is 304 g/mol. The van der Waals surface area contributed by atoms with E-state index in [9.17, 15) is 0 Å². The van der Waals surface area contributed by atoms with Crippen molar-refractivity contribution in [2.75, 3.05) is 26.8 Å². The number of imidazole rings is 1. The highest BCUT2D eigenvalue weighted by Gasteiger charge is 2.24. The van der Waals surface area contributed by atoms with Gasteiger partial charge in [0, 0.05) is 39.4 Å². The molecule has 0 saturated carbocycles. The summed E-state index contributed by atoms with van der Waals surface area (Å²) in [4.78, 5) is 6.76.